The van der Waals surface area contributed by atoms with Crippen LogP contribution >= 0.6 is 11.8 Å². The van der Waals surface area contributed by atoms with Crippen LogP contribution in [0.3, 0.4) is 0 Å². The molecule has 0 aliphatic rings. The summed E-state index contributed by atoms with van der Waals surface area (Å²) in [6.07, 6.45) is -0.0242. The van der Waals surface area contributed by atoms with Gasteiger partial charge in [0.25, 0.3) is 0 Å². The summed E-state index contributed by atoms with van der Waals surface area (Å²) in [7, 11) is -6.36. The maximum absolute atomic E-state index is 14.7. The number of rotatable bonds is 9. The monoisotopic (exact) mass is 567 g/mol. The fourth-order valence-electron chi connectivity index (χ4n) is 3.32. The Morgan fingerprint density at radius 1 is 0.778 bits per heavy atom. The van der Waals surface area contributed by atoms with Crippen molar-refractivity contribution >= 4 is 27.4 Å². The second kappa shape index (κ2) is 10.6. The molecule has 15 heteroatoms. The number of hydrogen-bond acceptors (Lipinski definition) is 5. The van der Waals surface area contributed by atoms with Gasteiger partial charge in [-0.1, -0.05) is 6.92 Å². The lowest BCUT2D eigenvalue weighted by molar-refractivity contribution is -0.124. The van der Waals surface area contributed by atoms with Gasteiger partial charge in [0.1, 0.15) is 9.79 Å². The lowest BCUT2D eigenvalue weighted by Crippen LogP contribution is -2.54. The maximum atomic E-state index is 14.7. The third-order valence-electron chi connectivity index (χ3n) is 4.94. The number of carbonyl (C=O) groups is 1. The van der Waals surface area contributed by atoms with E-state index in [1.54, 1.807) is 13.8 Å². The van der Waals surface area contributed by atoms with Gasteiger partial charge in [-0.2, -0.15) is 0 Å². The van der Waals surface area contributed by atoms with E-state index in [-0.39, 0.29) is 24.2 Å². The zero-order chi connectivity index (χ0) is 27.9. The molecule has 2 aromatic rings. The van der Waals surface area contributed by atoms with E-state index in [0.29, 0.717) is 0 Å². The molecule has 4 nitrogen and oxygen atoms in total. The van der Waals surface area contributed by atoms with E-state index >= 15 is 0 Å². The number of ketones is 1. The summed E-state index contributed by atoms with van der Waals surface area (Å²) in [4.78, 5) is 5.62. The zero-order valence-electron chi connectivity index (χ0n) is 18.9. The summed E-state index contributed by atoms with van der Waals surface area (Å²) in [6, 6.07) is -0.317. The molecule has 0 saturated carbocycles. The van der Waals surface area contributed by atoms with E-state index in [1.165, 1.54) is 13.8 Å². The highest BCUT2D eigenvalue weighted by Crippen LogP contribution is 2.39. The minimum absolute atomic E-state index is 0.0242. The molecule has 2 aromatic carbocycles. The Morgan fingerprint density at radius 3 is 1.50 bits per heavy atom. The van der Waals surface area contributed by atoms with E-state index in [9.17, 15) is 52.7 Å². The molecule has 1 N–H and O–H groups in total. The molecule has 0 aromatic heterocycles. The van der Waals surface area contributed by atoms with Crippen LogP contribution in [0.1, 0.15) is 34.1 Å². The van der Waals surface area contributed by atoms with Gasteiger partial charge < -0.3 is 5.32 Å². The Labute approximate surface area is 204 Å². The molecule has 0 spiro atoms. The third kappa shape index (κ3) is 5.09. The number of Topliss-reactive ketones (excluding diaryl/α,β-unsaturated/α-hetero) is 1. The number of hydrogen-bond donors (Lipinski definition) is 1. The molecule has 0 radical (unpaired) electrons. The Hall–Kier alpha value is -2.26. The van der Waals surface area contributed by atoms with Gasteiger partial charge in [-0.3, -0.25) is 4.79 Å². The van der Waals surface area contributed by atoms with Crippen LogP contribution in [0, 0.1) is 52.4 Å². The van der Waals surface area contributed by atoms with Crippen LogP contribution in [0.4, 0.5) is 39.5 Å². The van der Waals surface area contributed by atoms with Crippen molar-refractivity contribution in [2.24, 2.45) is 0 Å². The summed E-state index contributed by atoms with van der Waals surface area (Å²) in [5.41, 5.74) is -1.44. The molecule has 0 heterocycles. The predicted molar refractivity (Wildman–Crippen MR) is 111 cm³/mol. The van der Waals surface area contributed by atoms with Gasteiger partial charge in [-0.15, -0.1) is 11.8 Å². The van der Waals surface area contributed by atoms with Crippen LogP contribution in [0.5, 0.6) is 0 Å². The van der Waals surface area contributed by atoms with E-state index in [0.717, 1.165) is 0 Å². The van der Waals surface area contributed by atoms with Crippen LogP contribution in [-0.4, -0.2) is 31.5 Å². The predicted octanol–water partition coefficient (Wildman–Crippen LogP) is 5.60. The van der Waals surface area contributed by atoms with Gasteiger partial charge in [0.05, 0.1) is 10.4 Å². The highest BCUT2D eigenvalue weighted by atomic mass is 32.2. The highest BCUT2D eigenvalue weighted by molar-refractivity contribution is 7.99. The fraction of sp³-hybridized carbons (Fsp3) is 0.381. The molecule has 2 rings (SSSR count). The van der Waals surface area contributed by atoms with Gasteiger partial charge >= 0.3 is 0 Å². The zero-order valence-corrected chi connectivity index (χ0v) is 20.6. The Balaban J connectivity index is 2.71. The van der Waals surface area contributed by atoms with Crippen molar-refractivity contribution in [3.05, 3.63) is 52.4 Å². The normalized spacial score (nSPS) is 13.8. The van der Waals surface area contributed by atoms with Crippen molar-refractivity contribution in [1.29, 1.82) is 0 Å². The van der Waals surface area contributed by atoms with E-state index < -0.39 is 94.0 Å². The standard InChI is InChI=1S/C21H18F9NO3S2/c1-5-8(32)21(4,31-7(2)3)6-35-18-12(25)16(29)20(17(30)13(18)26)36(33,34)19-14(27)10(23)9(22)11(24)15(19)28/h7,31H,5-6H2,1-4H3. The molecule has 0 saturated heterocycles. The largest absolute Gasteiger partial charge is 0.302 e. The van der Waals surface area contributed by atoms with Gasteiger partial charge in [-0.25, -0.2) is 47.9 Å². The van der Waals surface area contributed by atoms with Gasteiger partial charge in [0.15, 0.2) is 52.3 Å². The van der Waals surface area contributed by atoms with Gasteiger partial charge in [0, 0.05) is 18.2 Å². The number of sulfone groups is 1. The number of nitrogens with one attached hydrogen (secondary N) is 1. The summed E-state index contributed by atoms with van der Waals surface area (Å²) in [5.74, 6) is -25.2. The Bertz CT molecular complexity index is 1270. The summed E-state index contributed by atoms with van der Waals surface area (Å²) in [5, 5.41) is 2.85. The summed E-state index contributed by atoms with van der Waals surface area (Å²) < 4.78 is 152. The topological polar surface area (TPSA) is 63.2 Å². The second-order valence-corrected chi connectivity index (χ2v) is 10.8. The van der Waals surface area contributed by atoms with Crippen molar-refractivity contribution in [3.8, 4) is 0 Å². The van der Waals surface area contributed by atoms with Crippen LogP contribution in [0.2, 0.25) is 0 Å². The maximum Gasteiger partial charge on any atom is 0.218 e. The first-order valence-corrected chi connectivity index (χ1v) is 12.5. The van der Waals surface area contributed by atoms with Crippen LogP contribution < -0.4 is 5.32 Å². The molecule has 0 fully saturated rings. The molecule has 36 heavy (non-hydrogen) atoms. The molecule has 0 bridgehead atoms. The molecule has 1 unspecified atom stereocenters. The van der Waals surface area contributed by atoms with Crippen molar-refractivity contribution in [1.82, 2.24) is 5.32 Å². The first-order valence-electron chi connectivity index (χ1n) is 10.00. The molecular weight excluding hydrogens is 549 g/mol. The van der Waals surface area contributed by atoms with E-state index in [4.69, 9.17) is 0 Å². The van der Waals surface area contributed by atoms with Crippen molar-refractivity contribution in [2.45, 2.75) is 60.4 Å². The van der Waals surface area contributed by atoms with Crippen LogP contribution in [-0.2, 0) is 14.6 Å². The van der Waals surface area contributed by atoms with Crippen LogP contribution in [0.15, 0.2) is 14.7 Å². The number of thioether (sulfide) groups is 1. The molecule has 200 valence electrons. The Kier molecular flexibility index (Phi) is 8.84. The quantitative estimate of drug-likeness (QED) is 0.141. The van der Waals surface area contributed by atoms with Crippen molar-refractivity contribution < 1.29 is 52.7 Å². The minimum Gasteiger partial charge on any atom is -0.302 e. The summed E-state index contributed by atoms with van der Waals surface area (Å²) in [6.45, 7) is 6.14. The van der Waals surface area contributed by atoms with Gasteiger partial charge in [0.2, 0.25) is 15.7 Å². The highest BCUT2D eigenvalue weighted by Gasteiger charge is 2.41. The lowest BCUT2D eigenvalue weighted by Gasteiger charge is -2.31. The average Bonchev–Trinajstić information content (AvgIpc) is 2.79. The molecule has 0 amide bonds. The number of halogens is 9. The molecule has 0 aliphatic heterocycles. The SMILES string of the molecule is CCC(=O)C(C)(CSc1c(F)c(F)c(S(=O)(=O)c2c(F)c(F)c(F)c(F)c2F)c(F)c1F)NC(C)C. The van der Waals surface area contributed by atoms with Crippen molar-refractivity contribution in [3.63, 3.8) is 0 Å². The van der Waals surface area contributed by atoms with E-state index in [2.05, 4.69) is 5.32 Å². The van der Waals surface area contributed by atoms with Crippen LogP contribution in [0.25, 0.3) is 0 Å². The summed E-state index contributed by atoms with van der Waals surface area (Å²) >= 11 is 0.0970. The Morgan fingerprint density at radius 2 is 1.14 bits per heavy atom. The first kappa shape index (κ1) is 30.0. The number of benzene rings is 2. The van der Waals surface area contributed by atoms with Crippen molar-refractivity contribution in [2.75, 3.05) is 5.75 Å². The van der Waals surface area contributed by atoms with Gasteiger partial charge in [-0.05, 0) is 20.8 Å². The lowest BCUT2D eigenvalue weighted by atomic mass is 9.96. The molecule has 0 aliphatic carbocycles. The molecular formula is C21H18F9NO3S2. The fourth-order valence-corrected chi connectivity index (χ4v) is 5.94. The number of carbonyl (C=O) groups excluding carboxylic acids is 1. The first-order chi connectivity index (χ1) is 16.4. The second-order valence-electron chi connectivity index (χ2n) is 8.01. The average molecular weight is 567 g/mol. The minimum atomic E-state index is -6.36. The molecule has 1 atom stereocenters. The van der Waals surface area contributed by atoms with E-state index in [1.807, 2.05) is 0 Å². The third-order valence-corrected chi connectivity index (χ3v) is 8.10. The smallest absolute Gasteiger partial charge is 0.218 e.